The van der Waals surface area contributed by atoms with Crippen LogP contribution in [0.25, 0.3) is 5.69 Å². The number of nitrogens with zero attached hydrogens (tertiary/aromatic N) is 5. The number of hydrogen-bond acceptors (Lipinski definition) is 6. The van der Waals surface area contributed by atoms with Gasteiger partial charge in [0.25, 0.3) is 5.91 Å². The Bertz CT molecular complexity index is 1340. The minimum atomic E-state index is -0.872. The lowest BCUT2D eigenvalue weighted by Gasteiger charge is -2.52. The van der Waals surface area contributed by atoms with Gasteiger partial charge in [0.15, 0.2) is 0 Å². The van der Waals surface area contributed by atoms with Crippen LogP contribution in [0.15, 0.2) is 24.3 Å². The first-order chi connectivity index (χ1) is 20.5. The summed E-state index contributed by atoms with van der Waals surface area (Å²) in [5.74, 6) is -0.146. The standard InChI is InChI=1S/C33H48N6O4/c1-6-18-38-30(41)28(21-32(43)14-8-7-9-15-32)34-31(42)33(38)16-19-37(20-17-33)22-27-23(2)35-39(24(27)3)26-12-10-25(11-13-26)29(40)36(4)5/h10-13,28,43H,6-9,14-22H2,1-5H3,(H,34,42)/t28-/m1/s1. The number of nitrogens with one attached hydrogen (secondary N) is 1. The number of piperazine rings is 1. The molecule has 234 valence electrons. The van der Waals surface area contributed by atoms with Gasteiger partial charge >= 0.3 is 0 Å². The van der Waals surface area contributed by atoms with Crippen LogP contribution in [0.1, 0.15) is 92.0 Å². The maximum atomic E-state index is 13.8. The van der Waals surface area contributed by atoms with Crippen LogP contribution in [0.5, 0.6) is 0 Å². The van der Waals surface area contributed by atoms with Crippen molar-refractivity contribution < 1.29 is 19.5 Å². The molecule has 1 aromatic heterocycles. The minimum Gasteiger partial charge on any atom is -0.390 e. The molecule has 1 atom stereocenters. The van der Waals surface area contributed by atoms with Gasteiger partial charge in [0.05, 0.1) is 17.0 Å². The van der Waals surface area contributed by atoms with Crippen molar-refractivity contribution in [3.63, 3.8) is 0 Å². The van der Waals surface area contributed by atoms with E-state index in [2.05, 4.69) is 17.1 Å². The van der Waals surface area contributed by atoms with Crippen LogP contribution in [-0.4, -0.2) is 98.2 Å². The SMILES string of the molecule is CCCN1C(=O)[C@@H](CC2(O)CCCCC2)NC(=O)C12CCN(Cc1c(C)nn(-c3ccc(C(=O)N(C)C)cc3)c1C)CC2. The van der Waals surface area contributed by atoms with Gasteiger partial charge in [-0.25, -0.2) is 4.68 Å². The van der Waals surface area contributed by atoms with E-state index in [1.807, 2.05) is 47.7 Å². The molecule has 1 aromatic carbocycles. The molecule has 1 saturated carbocycles. The second-order valence-electron chi connectivity index (χ2n) is 13.1. The third-order valence-corrected chi connectivity index (χ3v) is 9.90. The van der Waals surface area contributed by atoms with Gasteiger partial charge in [-0.05, 0) is 70.2 Å². The zero-order valence-electron chi connectivity index (χ0n) is 26.5. The number of carbonyl (C=O) groups excluding carboxylic acids is 3. The van der Waals surface area contributed by atoms with Gasteiger partial charge in [-0.2, -0.15) is 5.10 Å². The number of piperidine rings is 1. The summed E-state index contributed by atoms with van der Waals surface area (Å²) in [7, 11) is 3.48. The lowest BCUT2D eigenvalue weighted by atomic mass is 9.77. The van der Waals surface area contributed by atoms with Crippen molar-refractivity contribution in [2.24, 2.45) is 0 Å². The molecule has 2 aromatic rings. The molecule has 1 aliphatic carbocycles. The van der Waals surface area contributed by atoms with Crippen molar-refractivity contribution in [1.82, 2.24) is 29.8 Å². The summed E-state index contributed by atoms with van der Waals surface area (Å²) in [6.45, 7) is 8.78. The molecule has 0 radical (unpaired) electrons. The minimum absolute atomic E-state index is 0.0358. The Labute approximate surface area is 255 Å². The Balaban J connectivity index is 1.27. The van der Waals surface area contributed by atoms with E-state index in [1.165, 1.54) is 0 Å². The molecule has 10 nitrogen and oxygen atoms in total. The fourth-order valence-electron chi connectivity index (χ4n) is 7.32. The number of aliphatic hydroxyl groups is 1. The maximum Gasteiger partial charge on any atom is 0.253 e. The van der Waals surface area contributed by atoms with Crippen molar-refractivity contribution >= 4 is 17.7 Å². The quantitative estimate of drug-likeness (QED) is 0.487. The second-order valence-corrected chi connectivity index (χ2v) is 13.1. The van der Waals surface area contributed by atoms with Gasteiger partial charge in [0.1, 0.15) is 11.6 Å². The van der Waals surface area contributed by atoms with E-state index in [0.717, 1.165) is 48.3 Å². The summed E-state index contributed by atoms with van der Waals surface area (Å²) in [5, 5.41) is 19.0. The van der Waals surface area contributed by atoms with Gasteiger partial charge in [-0.15, -0.1) is 0 Å². The van der Waals surface area contributed by atoms with E-state index in [9.17, 15) is 19.5 Å². The number of rotatable bonds is 8. The van der Waals surface area contributed by atoms with Crippen molar-refractivity contribution in [1.29, 1.82) is 0 Å². The number of likely N-dealkylation sites (tertiary alicyclic amines) is 1. The van der Waals surface area contributed by atoms with Gasteiger partial charge in [-0.3, -0.25) is 19.3 Å². The van der Waals surface area contributed by atoms with Crippen molar-refractivity contribution in [3.8, 4) is 5.69 Å². The smallest absolute Gasteiger partial charge is 0.253 e. The monoisotopic (exact) mass is 592 g/mol. The first-order valence-electron chi connectivity index (χ1n) is 15.9. The van der Waals surface area contributed by atoms with Gasteiger partial charge in [-0.1, -0.05) is 26.2 Å². The van der Waals surface area contributed by atoms with Crippen LogP contribution in [0, 0.1) is 13.8 Å². The highest BCUT2D eigenvalue weighted by Crippen LogP contribution is 2.38. The molecule has 10 heteroatoms. The molecule has 3 heterocycles. The van der Waals surface area contributed by atoms with Crippen molar-refractivity contribution in [2.45, 2.75) is 102 Å². The first-order valence-corrected chi connectivity index (χ1v) is 15.9. The Morgan fingerprint density at radius 2 is 1.70 bits per heavy atom. The molecule has 3 amide bonds. The molecule has 0 bridgehead atoms. The van der Waals surface area contributed by atoms with Crippen LogP contribution in [-0.2, 0) is 16.1 Å². The van der Waals surface area contributed by atoms with E-state index < -0.39 is 17.2 Å². The van der Waals surface area contributed by atoms with E-state index in [-0.39, 0.29) is 17.7 Å². The average Bonchev–Trinajstić information content (AvgIpc) is 3.27. The van der Waals surface area contributed by atoms with Crippen LogP contribution >= 0.6 is 0 Å². The lowest BCUT2D eigenvalue weighted by molar-refractivity contribution is -0.163. The zero-order valence-corrected chi connectivity index (χ0v) is 26.5. The predicted molar refractivity (Wildman–Crippen MR) is 165 cm³/mol. The maximum absolute atomic E-state index is 13.8. The number of hydrogen-bond donors (Lipinski definition) is 2. The number of aryl methyl sites for hydroxylation is 1. The lowest BCUT2D eigenvalue weighted by Crippen LogP contribution is -2.73. The molecule has 1 spiro atoms. The third-order valence-electron chi connectivity index (χ3n) is 9.90. The largest absolute Gasteiger partial charge is 0.390 e. The molecule has 5 rings (SSSR count). The molecule has 2 N–H and O–H groups in total. The fraction of sp³-hybridized carbons (Fsp3) is 0.636. The summed E-state index contributed by atoms with van der Waals surface area (Å²) in [4.78, 5) is 45.6. The molecule has 2 saturated heterocycles. The van der Waals surface area contributed by atoms with Crippen molar-refractivity contribution in [2.75, 3.05) is 33.7 Å². The molecule has 0 unspecified atom stereocenters. The molecule has 3 fully saturated rings. The molecule has 2 aliphatic heterocycles. The molecular weight excluding hydrogens is 544 g/mol. The summed E-state index contributed by atoms with van der Waals surface area (Å²) >= 11 is 0. The van der Waals surface area contributed by atoms with E-state index in [4.69, 9.17) is 5.10 Å². The van der Waals surface area contributed by atoms with Crippen LogP contribution in [0.4, 0.5) is 0 Å². The number of carbonyl (C=O) groups is 3. The highest BCUT2D eigenvalue weighted by atomic mass is 16.3. The number of benzene rings is 1. The van der Waals surface area contributed by atoms with E-state index in [1.54, 1.807) is 19.0 Å². The predicted octanol–water partition coefficient (Wildman–Crippen LogP) is 3.35. The Morgan fingerprint density at radius 1 is 1.05 bits per heavy atom. The van der Waals surface area contributed by atoms with Crippen LogP contribution < -0.4 is 5.32 Å². The summed E-state index contributed by atoms with van der Waals surface area (Å²) < 4.78 is 1.93. The summed E-state index contributed by atoms with van der Waals surface area (Å²) in [5.41, 5.74) is 2.98. The molecular formula is C33H48N6O4. The first kappa shape index (κ1) is 31.2. The third kappa shape index (κ3) is 6.09. The molecule has 43 heavy (non-hydrogen) atoms. The van der Waals surface area contributed by atoms with Crippen molar-refractivity contribution in [3.05, 3.63) is 46.8 Å². The van der Waals surface area contributed by atoms with Gasteiger partial charge in [0, 0.05) is 63.5 Å². The molecule has 3 aliphatic rings. The van der Waals surface area contributed by atoms with E-state index >= 15 is 0 Å². The van der Waals surface area contributed by atoms with Gasteiger partial charge in [0.2, 0.25) is 11.8 Å². The Morgan fingerprint density at radius 3 is 2.30 bits per heavy atom. The fourth-order valence-corrected chi connectivity index (χ4v) is 7.32. The number of aromatic nitrogens is 2. The second kappa shape index (κ2) is 12.4. The van der Waals surface area contributed by atoms with Crippen LogP contribution in [0.3, 0.4) is 0 Å². The normalized spacial score (nSPS) is 22.1. The Hall–Kier alpha value is -3.24. The number of amides is 3. The average molecular weight is 593 g/mol. The van der Waals surface area contributed by atoms with Crippen LogP contribution in [0.2, 0.25) is 0 Å². The summed E-state index contributed by atoms with van der Waals surface area (Å²) in [6, 6.07) is 6.85. The highest BCUT2D eigenvalue weighted by Gasteiger charge is 2.54. The zero-order chi connectivity index (χ0) is 30.9. The highest BCUT2D eigenvalue weighted by molar-refractivity contribution is 6.00. The van der Waals surface area contributed by atoms with E-state index in [0.29, 0.717) is 63.8 Å². The summed E-state index contributed by atoms with van der Waals surface area (Å²) in [6.07, 6.45) is 6.66. The Kier molecular flexibility index (Phi) is 9.00. The van der Waals surface area contributed by atoms with Gasteiger partial charge < -0.3 is 20.2 Å². The topological polar surface area (TPSA) is 111 Å².